The molecule has 0 aromatic rings. The summed E-state index contributed by atoms with van der Waals surface area (Å²) in [6.07, 6.45) is 0.286. The van der Waals surface area contributed by atoms with Gasteiger partial charge in [-0.15, -0.1) is 0 Å². The van der Waals surface area contributed by atoms with Gasteiger partial charge in [-0.25, -0.2) is 8.42 Å². The predicted molar refractivity (Wildman–Crippen MR) is 42.8 cm³/mol. The van der Waals surface area contributed by atoms with Crippen LogP contribution in [0.4, 0.5) is 0 Å². The second-order valence-electron chi connectivity index (χ2n) is 1.87. The van der Waals surface area contributed by atoms with E-state index in [1.165, 1.54) is 0 Å². The maximum Gasteiger partial charge on any atom is 0.299 e. The van der Waals surface area contributed by atoms with Gasteiger partial charge in [-0.05, 0) is 18.2 Å². The summed E-state index contributed by atoms with van der Waals surface area (Å²) in [5.74, 6) is 0.108. The number of amidine groups is 1. The second kappa shape index (κ2) is 4.58. The SMILES string of the molecule is NC(=[NH2+])SCCCS(=O)(=O)[O-]. The minimum atomic E-state index is -4.08. The first-order chi connectivity index (χ1) is 4.92. The van der Waals surface area contributed by atoms with Crippen LogP contribution in [0.2, 0.25) is 0 Å². The topological polar surface area (TPSA) is 109 Å². The molecular weight excluding hydrogens is 188 g/mol. The average molecular weight is 198 g/mol. The van der Waals surface area contributed by atoms with E-state index in [0.29, 0.717) is 5.75 Å². The van der Waals surface area contributed by atoms with E-state index in [-0.39, 0.29) is 17.3 Å². The van der Waals surface area contributed by atoms with Crippen molar-refractivity contribution in [2.24, 2.45) is 5.73 Å². The van der Waals surface area contributed by atoms with Gasteiger partial charge in [0, 0.05) is 11.5 Å². The van der Waals surface area contributed by atoms with Gasteiger partial charge in [-0.1, -0.05) is 0 Å². The zero-order valence-electron chi connectivity index (χ0n) is 5.82. The monoisotopic (exact) mass is 198 g/mol. The number of hydrogen-bond donors (Lipinski definition) is 2. The summed E-state index contributed by atoms with van der Waals surface area (Å²) in [6.45, 7) is 0. The molecule has 0 aromatic heterocycles. The molecule has 0 aromatic carbocycles. The second-order valence-corrected chi connectivity index (χ2v) is 4.56. The van der Waals surface area contributed by atoms with Crippen LogP contribution in [0.5, 0.6) is 0 Å². The van der Waals surface area contributed by atoms with E-state index in [2.05, 4.69) is 0 Å². The van der Waals surface area contributed by atoms with Crippen LogP contribution in [0.1, 0.15) is 6.42 Å². The van der Waals surface area contributed by atoms with Crippen LogP contribution in [-0.2, 0) is 10.1 Å². The van der Waals surface area contributed by atoms with Crippen LogP contribution in [0.25, 0.3) is 0 Å². The van der Waals surface area contributed by atoms with Crippen molar-refractivity contribution in [3.05, 3.63) is 0 Å². The van der Waals surface area contributed by atoms with E-state index in [1.54, 1.807) is 0 Å². The van der Waals surface area contributed by atoms with Gasteiger partial charge in [0.1, 0.15) is 0 Å². The van der Waals surface area contributed by atoms with Crippen LogP contribution in [0.3, 0.4) is 0 Å². The molecule has 0 spiro atoms. The maximum atomic E-state index is 10.0. The highest BCUT2D eigenvalue weighted by Crippen LogP contribution is 1.99. The zero-order valence-corrected chi connectivity index (χ0v) is 7.45. The fourth-order valence-electron chi connectivity index (χ4n) is 0.426. The van der Waals surface area contributed by atoms with E-state index in [1.807, 2.05) is 0 Å². The van der Waals surface area contributed by atoms with Crippen molar-refractivity contribution in [1.29, 1.82) is 0 Å². The summed E-state index contributed by atoms with van der Waals surface area (Å²) in [6, 6.07) is 0. The molecule has 0 heterocycles. The Labute approximate surface area is 69.6 Å². The summed E-state index contributed by atoms with van der Waals surface area (Å²) in [5.41, 5.74) is 5.07. The van der Waals surface area contributed by atoms with Crippen molar-refractivity contribution in [1.82, 2.24) is 0 Å². The average Bonchev–Trinajstić information content (AvgIpc) is 1.78. The first kappa shape index (κ1) is 10.7. The van der Waals surface area contributed by atoms with E-state index in [0.717, 1.165) is 11.8 Å². The molecule has 66 valence electrons. The Bertz CT molecular complexity index is 223. The highest BCUT2D eigenvalue weighted by molar-refractivity contribution is 8.13. The normalized spacial score (nSPS) is 11.4. The first-order valence-electron chi connectivity index (χ1n) is 2.86. The summed E-state index contributed by atoms with van der Waals surface area (Å²) in [5, 5.41) is 5.26. The number of thioether (sulfide) groups is 1. The fourth-order valence-corrected chi connectivity index (χ4v) is 1.63. The first-order valence-corrected chi connectivity index (χ1v) is 5.42. The van der Waals surface area contributed by atoms with E-state index >= 15 is 0 Å². The Morgan fingerprint density at radius 3 is 2.55 bits per heavy atom. The van der Waals surface area contributed by atoms with Crippen molar-refractivity contribution in [3.8, 4) is 0 Å². The van der Waals surface area contributed by atoms with Gasteiger partial charge in [0.05, 0.1) is 10.1 Å². The standard InChI is InChI=1S/C4H10N2O3S2/c5-4(6)10-2-1-3-11(7,8)9/h1-3H2,(H3,5,6)(H,7,8,9). The van der Waals surface area contributed by atoms with Gasteiger partial charge >= 0.3 is 0 Å². The van der Waals surface area contributed by atoms with Gasteiger partial charge in [0.25, 0.3) is 5.17 Å². The third kappa shape index (κ3) is 9.73. The molecule has 0 fully saturated rings. The molecule has 0 saturated heterocycles. The smallest absolute Gasteiger partial charge is 0.299 e. The quantitative estimate of drug-likeness (QED) is 0.229. The Morgan fingerprint density at radius 1 is 1.64 bits per heavy atom. The highest BCUT2D eigenvalue weighted by Gasteiger charge is 1.98. The van der Waals surface area contributed by atoms with Crippen LogP contribution in [-0.4, -0.2) is 29.6 Å². The summed E-state index contributed by atoms with van der Waals surface area (Å²) >= 11 is 1.14. The van der Waals surface area contributed by atoms with Crippen molar-refractivity contribution in [3.63, 3.8) is 0 Å². The van der Waals surface area contributed by atoms with Gasteiger partial charge in [0.15, 0.2) is 0 Å². The van der Waals surface area contributed by atoms with E-state index < -0.39 is 10.1 Å². The van der Waals surface area contributed by atoms with Gasteiger partial charge in [0.2, 0.25) is 0 Å². The Balaban J connectivity index is 3.37. The van der Waals surface area contributed by atoms with Crippen molar-refractivity contribution in [2.45, 2.75) is 6.42 Å². The van der Waals surface area contributed by atoms with E-state index in [9.17, 15) is 13.0 Å². The molecule has 0 aliphatic rings. The molecule has 0 aliphatic carbocycles. The van der Waals surface area contributed by atoms with Crippen molar-refractivity contribution >= 4 is 27.0 Å². The summed E-state index contributed by atoms with van der Waals surface area (Å²) < 4.78 is 30.1. The van der Waals surface area contributed by atoms with Crippen LogP contribution in [0.15, 0.2) is 0 Å². The molecule has 7 heteroatoms. The molecule has 5 nitrogen and oxygen atoms in total. The molecule has 0 radical (unpaired) electrons. The molecule has 0 unspecified atom stereocenters. The molecule has 0 bridgehead atoms. The largest absolute Gasteiger partial charge is 0.748 e. The lowest BCUT2D eigenvalue weighted by atomic mass is 10.6. The summed E-state index contributed by atoms with van der Waals surface area (Å²) in [7, 11) is -4.08. The Hall–Kier alpha value is -0.270. The maximum absolute atomic E-state index is 10.0. The van der Waals surface area contributed by atoms with Gasteiger partial charge < -0.3 is 4.55 Å². The molecule has 0 amide bonds. The number of rotatable bonds is 4. The van der Waals surface area contributed by atoms with Crippen LogP contribution < -0.4 is 11.1 Å². The predicted octanol–water partition coefficient (Wildman–Crippen LogP) is -2.27. The third-order valence-corrected chi connectivity index (χ3v) is 2.42. The molecular formula is C4H10N2O3S2. The van der Waals surface area contributed by atoms with Crippen LogP contribution >= 0.6 is 11.8 Å². The Kier molecular flexibility index (Phi) is 4.46. The van der Waals surface area contributed by atoms with Gasteiger partial charge in [-0.2, -0.15) is 0 Å². The molecule has 11 heavy (non-hydrogen) atoms. The molecule has 0 aliphatic heterocycles. The lowest BCUT2D eigenvalue weighted by Crippen LogP contribution is -2.43. The van der Waals surface area contributed by atoms with Crippen LogP contribution in [0, 0.1) is 0 Å². The number of hydrogen-bond acceptors (Lipinski definition) is 4. The highest BCUT2D eigenvalue weighted by atomic mass is 32.2. The third-order valence-electron chi connectivity index (χ3n) is 0.807. The Morgan fingerprint density at radius 2 is 2.18 bits per heavy atom. The molecule has 0 saturated carbocycles. The van der Waals surface area contributed by atoms with Gasteiger partial charge in [-0.3, -0.25) is 11.1 Å². The van der Waals surface area contributed by atoms with E-state index in [4.69, 9.17) is 11.1 Å². The minimum Gasteiger partial charge on any atom is -0.748 e. The molecule has 4 N–H and O–H groups in total. The lowest BCUT2D eigenvalue weighted by Gasteiger charge is -2.03. The molecule has 0 rings (SSSR count). The molecule has 0 atom stereocenters. The fraction of sp³-hybridized carbons (Fsp3) is 0.750. The van der Waals surface area contributed by atoms with Crippen molar-refractivity contribution < 1.29 is 18.4 Å². The lowest BCUT2D eigenvalue weighted by molar-refractivity contribution is -0.110. The number of nitrogens with two attached hydrogens (primary N) is 2. The minimum absolute atomic E-state index is 0.188. The van der Waals surface area contributed by atoms with Crippen molar-refractivity contribution in [2.75, 3.05) is 11.5 Å². The summed E-state index contributed by atoms with van der Waals surface area (Å²) in [4.78, 5) is 0. The zero-order chi connectivity index (χ0) is 8.91.